The average molecular weight is 418 g/mol. The highest BCUT2D eigenvalue weighted by Gasteiger charge is 2.26. The van der Waals surface area contributed by atoms with Crippen LogP contribution in [0.15, 0.2) is 48.7 Å². The zero-order valence-electron chi connectivity index (χ0n) is 18.0. The fourth-order valence-corrected chi connectivity index (χ4v) is 4.47. The SMILES string of the molecule is COc1c2ccc(C(=O)N3CCC(Oc4cccc5c4ccn5C)CC3)cc2nn1C. The molecule has 0 atom stereocenters. The summed E-state index contributed by atoms with van der Waals surface area (Å²) in [6.45, 7) is 1.36. The van der Waals surface area contributed by atoms with E-state index in [2.05, 4.69) is 21.8 Å². The Hall–Kier alpha value is -3.48. The first-order valence-corrected chi connectivity index (χ1v) is 10.6. The normalized spacial score (nSPS) is 15.0. The van der Waals surface area contributed by atoms with Crippen LogP contribution in [0.3, 0.4) is 0 Å². The van der Waals surface area contributed by atoms with Gasteiger partial charge in [0.15, 0.2) is 0 Å². The van der Waals surface area contributed by atoms with Gasteiger partial charge >= 0.3 is 0 Å². The van der Waals surface area contributed by atoms with Gasteiger partial charge in [-0.1, -0.05) is 6.07 Å². The van der Waals surface area contributed by atoms with Gasteiger partial charge < -0.3 is 18.9 Å². The number of piperidine rings is 1. The van der Waals surface area contributed by atoms with Crippen molar-refractivity contribution in [3.05, 3.63) is 54.2 Å². The zero-order valence-corrected chi connectivity index (χ0v) is 18.0. The number of hydrogen-bond acceptors (Lipinski definition) is 4. The van der Waals surface area contributed by atoms with Crippen LogP contribution in [0.1, 0.15) is 23.2 Å². The molecule has 1 aliphatic heterocycles. The van der Waals surface area contributed by atoms with Gasteiger partial charge in [0, 0.05) is 57.2 Å². The Bertz CT molecular complexity index is 1260. The lowest BCUT2D eigenvalue weighted by molar-refractivity contribution is 0.0598. The number of fused-ring (bicyclic) bond motifs is 2. The first-order valence-electron chi connectivity index (χ1n) is 10.6. The maximum Gasteiger partial charge on any atom is 0.253 e. The minimum atomic E-state index is 0.0372. The maximum absolute atomic E-state index is 13.1. The molecule has 0 bridgehead atoms. The lowest BCUT2D eigenvalue weighted by Crippen LogP contribution is -2.41. The Balaban J connectivity index is 1.27. The molecule has 1 aliphatic rings. The highest BCUT2D eigenvalue weighted by atomic mass is 16.5. The third-order valence-corrected chi connectivity index (χ3v) is 6.13. The molecule has 0 N–H and O–H groups in total. The van der Waals surface area contributed by atoms with Crippen molar-refractivity contribution < 1.29 is 14.3 Å². The van der Waals surface area contributed by atoms with Gasteiger partial charge in [0.05, 0.1) is 23.5 Å². The summed E-state index contributed by atoms with van der Waals surface area (Å²) in [7, 11) is 5.50. The minimum absolute atomic E-state index is 0.0372. The highest BCUT2D eigenvalue weighted by molar-refractivity contribution is 5.98. The Morgan fingerprint density at radius 1 is 1.06 bits per heavy atom. The summed E-state index contributed by atoms with van der Waals surface area (Å²) in [5, 5.41) is 6.49. The van der Waals surface area contributed by atoms with Crippen molar-refractivity contribution in [1.82, 2.24) is 19.2 Å². The molecule has 5 rings (SSSR count). The van der Waals surface area contributed by atoms with E-state index < -0.39 is 0 Å². The number of amides is 1. The number of carbonyl (C=O) groups is 1. The largest absolute Gasteiger partial charge is 0.490 e. The molecule has 1 fully saturated rings. The number of carbonyl (C=O) groups excluding carboxylic acids is 1. The first-order chi connectivity index (χ1) is 15.0. The molecule has 7 heteroatoms. The quantitative estimate of drug-likeness (QED) is 0.506. The number of aryl methyl sites for hydroxylation is 2. The lowest BCUT2D eigenvalue weighted by Gasteiger charge is -2.32. The first kappa shape index (κ1) is 19.5. The van der Waals surface area contributed by atoms with E-state index in [4.69, 9.17) is 9.47 Å². The summed E-state index contributed by atoms with van der Waals surface area (Å²) in [5.74, 6) is 1.65. The van der Waals surface area contributed by atoms with Crippen LogP contribution < -0.4 is 9.47 Å². The number of aromatic nitrogens is 3. The fraction of sp³-hybridized carbons (Fsp3) is 0.333. The molecule has 4 aromatic rings. The van der Waals surface area contributed by atoms with Gasteiger partial charge in [0.2, 0.25) is 5.88 Å². The third kappa shape index (κ3) is 3.40. The number of benzene rings is 2. The van der Waals surface area contributed by atoms with Crippen LogP contribution in [0, 0.1) is 0 Å². The summed E-state index contributed by atoms with van der Waals surface area (Å²) in [6.07, 6.45) is 3.79. The molecule has 1 saturated heterocycles. The van der Waals surface area contributed by atoms with Crippen molar-refractivity contribution in [3.8, 4) is 11.6 Å². The van der Waals surface area contributed by atoms with E-state index in [1.807, 2.05) is 55.5 Å². The summed E-state index contributed by atoms with van der Waals surface area (Å²) in [4.78, 5) is 15.0. The summed E-state index contributed by atoms with van der Waals surface area (Å²) in [6, 6.07) is 13.8. The van der Waals surface area contributed by atoms with E-state index in [0.29, 0.717) is 24.5 Å². The second-order valence-electron chi connectivity index (χ2n) is 8.09. The van der Waals surface area contributed by atoms with E-state index >= 15 is 0 Å². The van der Waals surface area contributed by atoms with Crippen molar-refractivity contribution in [1.29, 1.82) is 0 Å². The summed E-state index contributed by atoms with van der Waals surface area (Å²) in [5.41, 5.74) is 2.58. The van der Waals surface area contributed by atoms with Crippen LogP contribution in [-0.2, 0) is 14.1 Å². The second-order valence-corrected chi connectivity index (χ2v) is 8.09. The number of ether oxygens (including phenoxy) is 2. The van der Waals surface area contributed by atoms with E-state index in [-0.39, 0.29) is 12.0 Å². The van der Waals surface area contributed by atoms with E-state index in [1.165, 1.54) is 0 Å². The lowest BCUT2D eigenvalue weighted by atomic mass is 10.1. The van der Waals surface area contributed by atoms with Gasteiger partial charge in [-0.25, -0.2) is 4.68 Å². The molecule has 0 unspecified atom stereocenters. The van der Waals surface area contributed by atoms with Crippen molar-refractivity contribution >= 4 is 27.7 Å². The monoisotopic (exact) mass is 418 g/mol. The zero-order chi connectivity index (χ0) is 21.5. The molecular weight excluding hydrogens is 392 g/mol. The third-order valence-electron chi connectivity index (χ3n) is 6.13. The van der Waals surface area contributed by atoms with Crippen molar-refractivity contribution in [3.63, 3.8) is 0 Å². The Morgan fingerprint density at radius 2 is 1.87 bits per heavy atom. The fourth-order valence-electron chi connectivity index (χ4n) is 4.47. The summed E-state index contributed by atoms with van der Waals surface area (Å²) >= 11 is 0. The summed E-state index contributed by atoms with van der Waals surface area (Å²) < 4.78 is 15.5. The molecule has 0 radical (unpaired) electrons. The Morgan fingerprint density at radius 3 is 2.65 bits per heavy atom. The van der Waals surface area contributed by atoms with Crippen LogP contribution in [0.5, 0.6) is 11.6 Å². The second kappa shape index (κ2) is 7.65. The maximum atomic E-state index is 13.1. The molecule has 160 valence electrons. The number of methoxy groups -OCH3 is 1. The predicted octanol–water partition coefficient (Wildman–Crippen LogP) is 3.76. The van der Waals surface area contributed by atoms with Gasteiger partial charge in [-0.3, -0.25) is 4.79 Å². The molecule has 7 nitrogen and oxygen atoms in total. The molecule has 31 heavy (non-hydrogen) atoms. The van der Waals surface area contributed by atoms with Gasteiger partial charge in [-0.05, 0) is 36.4 Å². The molecule has 3 heterocycles. The number of hydrogen-bond donors (Lipinski definition) is 0. The Kier molecular flexibility index (Phi) is 4.81. The number of nitrogens with zero attached hydrogens (tertiary/aromatic N) is 4. The van der Waals surface area contributed by atoms with Crippen molar-refractivity contribution in [2.75, 3.05) is 20.2 Å². The van der Waals surface area contributed by atoms with E-state index in [0.717, 1.165) is 40.4 Å². The van der Waals surface area contributed by atoms with Gasteiger partial charge in [0.25, 0.3) is 5.91 Å². The highest BCUT2D eigenvalue weighted by Crippen LogP contribution is 2.29. The van der Waals surface area contributed by atoms with Gasteiger partial charge in [-0.15, -0.1) is 0 Å². The molecule has 0 spiro atoms. The number of likely N-dealkylation sites (tertiary alicyclic amines) is 1. The van der Waals surface area contributed by atoms with Crippen LogP contribution >= 0.6 is 0 Å². The number of rotatable bonds is 4. The topological polar surface area (TPSA) is 61.5 Å². The molecule has 0 saturated carbocycles. The van der Waals surface area contributed by atoms with E-state index in [9.17, 15) is 4.79 Å². The van der Waals surface area contributed by atoms with E-state index in [1.54, 1.807) is 11.8 Å². The average Bonchev–Trinajstić information content (AvgIpc) is 3.32. The predicted molar refractivity (Wildman–Crippen MR) is 120 cm³/mol. The van der Waals surface area contributed by atoms with Crippen LogP contribution in [0.4, 0.5) is 0 Å². The standard InChI is InChI=1S/C24H26N4O3/c1-26-12-11-19-21(26)5-4-6-22(19)31-17-9-13-28(14-10-17)23(29)16-7-8-18-20(15-16)25-27(2)24(18)30-3/h4-8,11-12,15,17H,9-10,13-14H2,1-3H3. The smallest absolute Gasteiger partial charge is 0.253 e. The van der Waals surface area contributed by atoms with Crippen molar-refractivity contribution in [2.45, 2.75) is 18.9 Å². The minimum Gasteiger partial charge on any atom is -0.490 e. The molecular formula is C24H26N4O3. The molecule has 1 amide bonds. The molecule has 2 aromatic carbocycles. The van der Waals surface area contributed by atoms with Crippen LogP contribution in [0.25, 0.3) is 21.8 Å². The van der Waals surface area contributed by atoms with Gasteiger partial charge in [0.1, 0.15) is 11.9 Å². The van der Waals surface area contributed by atoms with Crippen LogP contribution in [-0.4, -0.2) is 51.5 Å². The van der Waals surface area contributed by atoms with Crippen molar-refractivity contribution in [2.24, 2.45) is 14.1 Å². The Labute approximate surface area is 180 Å². The molecule has 2 aromatic heterocycles. The molecule has 0 aliphatic carbocycles. The van der Waals surface area contributed by atoms with Crippen LogP contribution in [0.2, 0.25) is 0 Å². The van der Waals surface area contributed by atoms with Gasteiger partial charge in [-0.2, -0.15) is 5.10 Å².